The zero-order chi connectivity index (χ0) is 42.1. The van der Waals surface area contributed by atoms with Crippen LogP contribution in [0.1, 0.15) is 181 Å². The van der Waals surface area contributed by atoms with Crippen molar-refractivity contribution < 1.29 is 38.2 Å². The molecule has 0 aromatic rings. The number of nitrogens with zero attached hydrogens (tertiary/aromatic N) is 1. The number of carbonyl (C=O) groups excluding carboxylic acids is 2. The van der Waals surface area contributed by atoms with Crippen molar-refractivity contribution in [3.63, 3.8) is 0 Å². The van der Waals surface area contributed by atoms with E-state index >= 15 is 0 Å². The molecule has 2 atom stereocenters. The van der Waals surface area contributed by atoms with Gasteiger partial charge in [-0.25, -0.2) is 4.79 Å². The van der Waals surface area contributed by atoms with Crippen LogP contribution in [0.15, 0.2) is 60.8 Å². The van der Waals surface area contributed by atoms with Gasteiger partial charge in [-0.2, -0.15) is 0 Å². The second kappa shape index (κ2) is 39.8. The number of quaternary nitrogens is 1. The van der Waals surface area contributed by atoms with E-state index in [2.05, 4.69) is 74.6 Å². The van der Waals surface area contributed by atoms with E-state index in [9.17, 15) is 19.5 Å². The Morgan fingerprint density at radius 3 is 1.49 bits per heavy atom. The highest BCUT2D eigenvalue weighted by Crippen LogP contribution is 2.13. The minimum Gasteiger partial charge on any atom is -0.477 e. The molecule has 0 spiro atoms. The molecule has 0 aliphatic carbocycles. The maximum atomic E-state index is 12.7. The number of unbranched alkanes of at least 4 members (excludes halogenated alkanes) is 16. The van der Waals surface area contributed by atoms with Gasteiger partial charge in [0.25, 0.3) is 0 Å². The Balaban J connectivity index is 4.36. The first kappa shape index (κ1) is 54.0. The van der Waals surface area contributed by atoms with E-state index in [1.165, 1.54) is 57.8 Å². The van der Waals surface area contributed by atoms with Crippen molar-refractivity contribution in [2.45, 2.75) is 193 Å². The van der Waals surface area contributed by atoms with E-state index < -0.39 is 18.1 Å². The number of ether oxygens (including phenoxy) is 3. The lowest BCUT2D eigenvalue weighted by atomic mass is 10.1. The molecule has 8 heteroatoms. The Morgan fingerprint density at radius 2 is 0.982 bits per heavy atom. The van der Waals surface area contributed by atoms with Crippen molar-refractivity contribution in [1.29, 1.82) is 0 Å². The Hall–Kier alpha value is -2.97. The van der Waals surface area contributed by atoms with Gasteiger partial charge in [-0.3, -0.25) is 9.59 Å². The largest absolute Gasteiger partial charge is 0.477 e. The van der Waals surface area contributed by atoms with E-state index in [1.54, 1.807) is 0 Å². The first-order chi connectivity index (χ1) is 27.6. The molecule has 328 valence electrons. The molecule has 0 aliphatic heterocycles. The van der Waals surface area contributed by atoms with Crippen molar-refractivity contribution in [3.05, 3.63) is 60.8 Å². The van der Waals surface area contributed by atoms with Crippen LogP contribution in [0.3, 0.4) is 0 Å². The quantitative estimate of drug-likeness (QED) is 0.0285. The summed E-state index contributed by atoms with van der Waals surface area (Å²) in [6, 6.07) is -0.621. The standard InChI is InChI=1S/C49H85NO7/c1-6-8-10-12-14-16-18-20-22-23-24-25-26-28-29-31-33-35-37-39-47(51)56-44-45(43-55-42-41-46(49(53)54)50(3,4)5)57-48(52)40-38-36-34-32-30-27-21-19-17-15-13-11-9-7-2/h8,10,14,16,20,22,24-25,27,30,45-46H,6-7,9,11-13,15,17-19,21,23,26,28-29,31-44H2,1-5H3/p+1/b10-8+,16-14+,22-20+,25-24+,30-27+. The van der Waals surface area contributed by atoms with Crippen molar-refractivity contribution >= 4 is 17.9 Å². The highest BCUT2D eigenvalue weighted by atomic mass is 16.6. The van der Waals surface area contributed by atoms with E-state index in [0.29, 0.717) is 19.3 Å². The Kier molecular flexibility index (Phi) is 37.8. The van der Waals surface area contributed by atoms with Gasteiger partial charge in [0.15, 0.2) is 12.1 Å². The number of carbonyl (C=O) groups is 3. The molecule has 1 N–H and O–H groups in total. The molecule has 0 bridgehead atoms. The average molecular weight is 801 g/mol. The summed E-state index contributed by atoms with van der Waals surface area (Å²) in [5.74, 6) is -1.51. The van der Waals surface area contributed by atoms with Gasteiger partial charge in [-0.15, -0.1) is 0 Å². The average Bonchev–Trinajstić information content (AvgIpc) is 3.17. The third-order valence-corrected chi connectivity index (χ3v) is 9.90. The molecule has 0 saturated heterocycles. The summed E-state index contributed by atoms with van der Waals surface area (Å²) < 4.78 is 17.3. The molecule has 2 unspecified atom stereocenters. The van der Waals surface area contributed by atoms with Crippen molar-refractivity contribution in [2.75, 3.05) is 41.0 Å². The van der Waals surface area contributed by atoms with Crippen molar-refractivity contribution in [1.82, 2.24) is 0 Å². The molecule has 0 fully saturated rings. The van der Waals surface area contributed by atoms with Crippen LogP contribution in [-0.4, -0.2) is 80.6 Å². The first-order valence-electron chi connectivity index (χ1n) is 22.8. The summed E-state index contributed by atoms with van der Waals surface area (Å²) in [5, 5.41) is 9.62. The minimum absolute atomic E-state index is 0.0486. The minimum atomic E-state index is -0.881. The van der Waals surface area contributed by atoms with Crippen LogP contribution in [0.5, 0.6) is 0 Å². The first-order valence-corrected chi connectivity index (χ1v) is 22.8. The molecule has 57 heavy (non-hydrogen) atoms. The topological polar surface area (TPSA) is 99.1 Å². The number of hydrogen-bond acceptors (Lipinski definition) is 6. The summed E-state index contributed by atoms with van der Waals surface area (Å²) in [7, 11) is 5.51. The molecule has 0 radical (unpaired) electrons. The summed E-state index contributed by atoms with van der Waals surface area (Å²) in [6.45, 7) is 4.58. The van der Waals surface area contributed by atoms with Crippen LogP contribution >= 0.6 is 0 Å². The number of carboxylic acids is 1. The number of allylic oxidation sites excluding steroid dienone is 10. The van der Waals surface area contributed by atoms with E-state index in [4.69, 9.17) is 14.2 Å². The van der Waals surface area contributed by atoms with Crippen LogP contribution in [0.2, 0.25) is 0 Å². The molecule has 0 heterocycles. The van der Waals surface area contributed by atoms with Crippen LogP contribution < -0.4 is 0 Å². The lowest BCUT2D eigenvalue weighted by Crippen LogP contribution is -2.50. The lowest BCUT2D eigenvalue weighted by Gasteiger charge is -2.31. The fourth-order valence-electron chi connectivity index (χ4n) is 6.37. The van der Waals surface area contributed by atoms with Crippen LogP contribution in [0.4, 0.5) is 0 Å². The van der Waals surface area contributed by atoms with Gasteiger partial charge in [0.05, 0.1) is 34.4 Å². The van der Waals surface area contributed by atoms with Gasteiger partial charge >= 0.3 is 17.9 Å². The van der Waals surface area contributed by atoms with E-state index in [-0.39, 0.29) is 36.2 Å². The number of esters is 2. The molecule has 0 aliphatic rings. The number of aliphatic carboxylic acids is 1. The number of hydrogen-bond donors (Lipinski definition) is 1. The summed E-state index contributed by atoms with van der Waals surface area (Å²) in [5.41, 5.74) is 0. The SMILES string of the molecule is CC/C=C/C/C=C/C/C=C/C/C=C/CCCCCCCCC(=O)OCC(COCCC(C(=O)O)[N+](C)(C)C)OC(=O)CCCCC/C=C/CCCCCCCCC. The maximum Gasteiger partial charge on any atom is 0.362 e. The van der Waals surface area contributed by atoms with Gasteiger partial charge < -0.3 is 23.8 Å². The third kappa shape index (κ3) is 38.3. The van der Waals surface area contributed by atoms with Gasteiger partial charge in [-0.1, -0.05) is 145 Å². The second-order valence-corrected chi connectivity index (χ2v) is 16.3. The predicted octanol–water partition coefficient (Wildman–Crippen LogP) is 12.6. The highest BCUT2D eigenvalue weighted by Gasteiger charge is 2.31. The maximum absolute atomic E-state index is 12.7. The van der Waals surface area contributed by atoms with Crippen molar-refractivity contribution in [2.24, 2.45) is 0 Å². The van der Waals surface area contributed by atoms with Gasteiger partial charge in [0, 0.05) is 19.3 Å². The van der Waals surface area contributed by atoms with E-state index in [1.807, 2.05) is 21.1 Å². The highest BCUT2D eigenvalue weighted by molar-refractivity contribution is 5.72. The molecule has 0 amide bonds. The van der Waals surface area contributed by atoms with Crippen LogP contribution in [-0.2, 0) is 28.6 Å². The van der Waals surface area contributed by atoms with E-state index in [0.717, 1.165) is 89.9 Å². The summed E-state index contributed by atoms with van der Waals surface area (Å²) >= 11 is 0. The molecule has 0 aromatic carbocycles. The summed E-state index contributed by atoms with van der Waals surface area (Å²) in [4.78, 5) is 37.0. The monoisotopic (exact) mass is 801 g/mol. The Labute approximate surface area is 349 Å². The lowest BCUT2D eigenvalue weighted by molar-refractivity contribution is -0.887. The number of likely N-dealkylation sites (N-methyl/N-ethyl adjacent to an activating group) is 1. The fourth-order valence-corrected chi connectivity index (χ4v) is 6.37. The third-order valence-electron chi connectivity index (χ3n) is 9.90. The molecular weight excluding hydrogens is 715 g/mol. The fraction of sp³-hybridized carbons (Fsp3) is 0.735. The molecule has 0 saturated carbocycles. The smallest absolute Gasteiger partial charge is 0.362 e. The molecule has 8 nitrogen and oxygen atoms in total. The van der Waals surface area contributed by atoms with Crippen molar-refractivity contribution in [3.8, 4) is 0 Å². The Morgan fingerprint density at radius 1 is 0.544 bits per heavy atom. The molecule has 0 aromatic heterocycles. The zero-order valence-corrected chi connectivity index (χ0v) is 37.3. The summed E-state index contributed by atoms with van der Waals surface area (Å²) in [6.07, 6.45) is 48.3. The van der Waals surface area contributed by atoms with Crippen LogP contribution in [0, 0.1) is 0 Å². The Bertz CT molecular complexity index is 1120. The predicted molar refractivity (Wildman–Crippen MR) is 238 cm³/mol. The number of carboxylic acid groups (broad SMARTS) is 1. The number of rotatable bonds is 40. The second-order valence-electron chi connectivity index (χ2n) is 16.3. The molecular formula is C49H86NO7+. The van der Waals surface area contributed by atoms with Crippen LogP contribution in [0.25, 0.3) is 0 Å². The zero-order valence-electron chi connectivity index (χ0n) is 37.3. The van der Waals surface area contributed by atoms with Gasteiger partial charge in [-0.05, 0) is 77.0 Å². The molecule has 0 rings (SSSR count). The van der Waals surface area contributed by atoms with Gasteiger partial charge in [0.2, 0.25) is 0 Å². The normalized spacial score (nSPS) is 13.5. The van der Waals surface area contributed by atoms with Gasteiger partial charge in [0.1, 0.15) is 6.61 Å².